The van der Waals surface area contributed by atoms with Gasteiger partial charge in [-0.1, -0.05) is 22.0 Å². The van der Waals surface area contributed by atoms with E-state index in [0.717, 1.165) is 19.3 Å². The van der Waals surface area contributed by atoms with E-state index in [-0.39, 0.29) is 11.9 Å². The molecule has 1 rings (SSSR count). The fourth-order valence-electron chi connectivity index (χ4n) is 1.28. The first kappa shape index (κ1) is 9.78. The summed E-state index contributed by atoms with van der Waals surface area (Å²) in [6.45, 7) is 2.33. The van der Waals surface area contributed by atoms with Crippen molar-refractivity contribution in [3.05, 3.63) is 10.6 Å². The molecule has 0 spiro atoms. The van der Waals surface area contributed by atoms with Gasteiger partial charge in [0, 0.05) is 0 Å². The highest BCUT2D eigenvalue weighted by Gasteiger charge is 2.21. The minimum atomic E-state index is -0.0475. The SMILES string of the molecule is CCOC(=O)[C@H]1CC=C(Br)CC1. The number of carbonyl (C=O) groups excluding carboxylic acids is 1. The predicted molar refractivity (Wildman–Crippen MR) is 51.0 cm³/mol. The Hall–Kier alpha value is -0.310. The van der Waals surface area contributed by atoms with Gasteiger partial charge in [-0.25, -0.2) is 0 Å². The van der Waals surface area contributed by atoms with Gasteiger partial charge in [0.15, 0.2) is 0 Å². The van der Waals surface area contributed by atoms with Gasteiger partial charge in [0.25, 0.3) is 0 Å². The van der Waals surface area contributed by atoms with E-state index in [2.05, 4.69) is 22.0 Å². The van der Waals surface area contributed by atoms with Gasteiger partial charge in [-0.05, 0) is 30.7 Å². The Morgan fingerprint density at radius 1 is 1.83 bits per heavy atom. The van der Waals surface area contributed by atoms with Crippen molar-refractivity contribution in [3.8, 4) is 0 Å². The van der Waals surface area contributed by atoms with Gasteiger partial charge in [0.2, 0.25) is 0 Å². The van der Waals surface area contributed by atoms with Gasteiger partial charge in [0.1, 0.15) is 0 Å². The first-order valence-electron chi connectivity index (χ1n) is 4.25. The van der Waals surface area contributed by atoms with Crippen molar-refractivity contribution >= 4 is 21.9 Å². The minimum Gasteiger partial charge on any atom is -0.466 e. The molecular weight excluding hydrogens is 220 g/mol. The third-order valence-electron chi connectivity index (χ3n) is 1.98. The van der Waals surface area contributed by atoms with Gasteiger partial charge < -0.3 is 4.74 Å². The van der Waals surface area contributed by atoms with Crippen LogP contribution in [0, 0.1) is 5.92 Å². The van der Waals surface area contributed by atoms with Gasteiger partial charge in [-0.3, -0.25) is 4.79 Å². The van der Waals surface area contributed by atoms with Gasteiger partial charge in [0.05, 0.1) is 12.5 Å². The van der Waals surface area contributed by atoms with Crippen LogP contribution in [0.5, 0.6) is 0 Å². The molecule has 1 atom stereocenters. The average molecular weight is 233 g/mol. The maximum Gasteiger partial charge on any atom is 0.309 e. The molecule has 0 amide bonds. The summed E-state index contributed by atoms with van der Waals surface area (Å²) in [5.41, 5.74) is 0. The molecule has 0 aliphatic heterocycles. The highest BCUT2D eigenvalue weighted by molar-refractivity contribution is 9.11. The molecule has 3 heteroatoms. The summed E-state index contributed by atoms with van der Waals surface area (Å²) in [5, 5.41) is 0. The first-order chi connectivity index (χ1) is 5.74. The lowest BCUT2D eigenvalue weighted by Gasteiger charge is -2.17. The van der Waals surface area contributed by atoms with Gasteiger partial charge in [-0.15, -0.1) is 0 Å². The van der Waals surface area contributed by atoms with Crippen LogP contribution in [0.15, 0.2) is 10.6 Å². The number of rotatable bonds is 2. The maximum absolute atomic E-state index is 11.2. The molecule has 0 heterocycles. The van der Waals surface area contributed by atoms with Crippen molar-refractivity contribution in [3.63, 3.8) is 0 Å². The first-order valence-corrected chi connectivity index (χ1v) is 5.04. The molecule has 0 N–H and O–H groups in total. The fourth-order valence-corrected chi connectivity index (χ4v) is 1.69. The molecule has 0 aromatic rings. The van der Waals surface area contributed by atoms with Gasteiger partial charge >= 0.3 is 5.97 Å². The second-order valence-electron chi connectivity index (χ2n) is 2.87. The molecule has 1 aliphatic carbocycles. The molecule has 2 nitrogen and oxygen atoms in total. The Bertz CT molecular complexity index is 199. The molecule has 0 unspecified atom stereocenters. The van der Waals surface area contributed by atoms with Crippen molar-refractivity contribution in [2.75, 3.05) is 6.61 Å². The zero-order valence-corrected chi connectivity index (χ0v) is 8.76. The Labute approximate surface area is 81.1 Å². The van der Waals surface area contributed by atoms with Crippen molar-refractivity contribution in [1.29, 1.82) is 0 Å². The average Bonchev–Trinajstić information content (AvgIpc) is 2.06. The van der Waals surface area contributed by atoms with Crippen LogP contribution in [0.25, 0.3) is 0 Å². The number of allylic oxidation sites excluding steroid dienone is 2. The summed E-state index contributed by atoms with van der Waals surface area (Å²) >= 11 is 3.41. The molecule has 68 valence electrons. The molecule has 0 radical (unpaired) electrons. The monoisotopic (exact) mass is 232 g/mol. The van der Waals surface area contributed by atoms with E-state index in [1.54, 1.807) is 0 Å². The van der Waals surface area contributed by atoms with E-state index in [4.69, 9.17) is 4.74 Å². The van der Waals surface area contributed by atoms with Crippen molar-refractivity contribution in [2.24, 2.45) is 5.92 Å². The third-order valence-corrected chi connectivity index (χ3v) is 2.70. The molecule has 0 aromatic carbocycles. The Morgan fingerprint density at radius 2 is 2.58 bits per heavy atom. The zero-order valence-electron chi connectivity index (χ0n) is 7.18. The summed E-state index contributed by atoms with van der Waals surface area (Å²) in [6.07, 6.45) is 4.75. The van der Waals surface area contributed by atoms with Crippen LogP contribution < -0.4 is 0 Å². The quantitative estimate of drug-likeness (QED) is 0.685. The van der Waals surface area contributed by atoms with Crippen LogP contribution in [0.3, 0.4) is 0 Å². The van der Waals surface area contributed by atoms with Crippen molar-refractivity contribution < 1.29 is 9.53 Å². The summed E-state index contributed by atoms with van der Waals surface area (Å²) < 4.78 is 6.14. The van der Waals surface area contributed by atoms with E-state index < -0.39 is 0 Å². The molecule has 0 fully saturated rings. The summed E-state index contributed by atoms with van der Waals surface area (Å²) in [4.78, 5) is 11.2. The molecule has 1 aliphatic rings. The standard InChI is InChI=1S/C9H13BrO2/c1-2-12-9(11)7-3-5-8(10)6-4-7/h5,7H,2-4,6H2,1H3/t7-/m0/s1. The number of hydrogen-bond donors (Lipinski definition) is 0. The topological polar surface area (TPSA) is 26.3 Å². The lowest BCUT2D eigenvalue weighted by Crippen LogP contribution is -2.19. The minimum absolute atomic E-state index is 0.0475. The smallest absolute Gasteiger partial charge is 0.309 e. The Balaban J connectivity index is 2.40. The second-order valence-corrected chi connectivity index (χ2v) is 3.89. The van der Waals surface area contributed by atoms with Crippen LogP contribution in [0.4, 0.5) is 0 Å². The van der Waals surface area contributed by atoms with Crippen LogP contribution in [0.1, 0.15) is 26.2 Å². The highest BCUT2D eigenvalue weighted by atomic mass is 79.9. The number of ether oxygens (including phenoxy) is 1. The molecule has 12 heavy (non-hydrogen) atoms. The van der Waals surface area contributed by atoms with Gasteiger partial charge in [-0.2, -0.15) is 0 Å². The lowest BCUT2D eigenvalue weighted by molar-refractivity contribution is -0.148. The van der Waals surface area contributed by atoms with Crippen LogP contribution >= 0.6 is 15.9 Å². The summed E-state index contributed by atoms with van der Waals surface area (Å²) in [7, 11) is 0. The third kappa shape index (κ3) is 2.63. The lowest BCUT2D eigenvalue weighted by atomic mass is 9.95. The van der Waals surface area contributed by atoms with E-state index in [1.807, 2.05) is 6.92 Å². The maximum atomic E-state index is 11.2. The second kappa shape index (κ2) is 4.65. The predicted octanol–water partition coefficient (Wildman–Crippen LogP) is 2.63. The molecule has 0 aromatic heterocycles. The largest absolute Gasteiger partial charge is 0.466 e. The van der Waals surface area contributed by atoms with E-state index in [1.165, 1.54) is 4.48 Å². The van der Waals surface area contributed by atoms with E-state index in [9.17, 15) is 4.79 Å². The van der Waals surface area contributed by atoms with E-state index in [0.29, 0.717) is 6.61 Å². The van der Waals surface area contributed by atoms with Crippen molar-refractivity contribution in [2.45, 2.75) is 26.2 Å². The molecule has 0 saturated carbocycles. The van der Waals surface area contributed by atoms with Crippen LogP contribution in [-0.4, -0.2) is 12.6 Å². The normalized spacial score (nSPS) is 23.2. The molecule has 0 saturated heterocycles. The summed E-state index contributed by atoms with van der Waals surface area (Å²) in [6, 6.07) is 0. The number of esters is 1. The summed E-state index contributed by atoms with van der Waals surface area (Å²) in [5.74, 6) is 0.0417. The zero-order chi connectivity index (χ0) is 8.97. The van der Waals surface area contributed by atoms with Crippen LogP contribution in [-0.2, 0) is 9.53 Å². The highest BCUT2D eigenvalue weighted by Crippen LogP contribution is 2.27. The van der Waals surface area contributed by atoms with Crippen molar-refractivity contribution in [1.82, 2.24) is 0 Å². The molecular formula is C9H13BrO2. The number of halogens is 1. The number of carbonyl (C=O) groups is 1. The molecule has 0 bridgehead atoms. The fraction of sp³-hybridized carbons (Fsp3) is 0.667. The van der Waals surface area contributed by atoms with E-state index >= 15 is 0 Å². The number of hydrogen-bond acceptors (Lipinski definition) is 2. The van der Waals surface area contributed by atoms with Crippen LogP contribution in [0.2, 0.25) is 0 Å². The Morgan fingerprint density at radius 3 is 3.08 bits per heavy atom. The Kier molecular flexibility index (Phi) is 3.79.